The van der Waals surface area contributed by atoms with E-state index < -0.39 is 0 Å². The summed E-state index contributed by atoms with van der Waals surface area (Å²) in [6, 6.07) is 65.5. The van der Waals surface area contributed by atoms with Gasteiger partial charge in [-0.3, -0.25) is 0 Å². The maximum atomic E-state index is 2.38. The minimum atomic E-state index is 1.14. The van der Waals surface area contributed by atoms with Crippen LogP contribution in [0.25, 0.3) is 43.8 Å². The Kier molecular flexibility index (Phi) is 6.17. The minimum absolute atomic E-state index is 1.14. The molecular formula is C44H30N2. The molecule has 2 heteroatoms. The fraction of sp³-hybridized carbons (Fsp3) is 0. The summed E-state index contributed by atoms with van der Waals surface area (Å²) >= 11 is 0. The summed E-state index contributed by atoms with van der Waals surface area (Å²) in [6.07, 6.45) is 0. The number of hydrogen-bond acceptors (Lipinski definition) is 2. The van der Waals surface area contributed by atoms with Gasteiger partial charge in [0.15, 0.2) is 0 Å². The Morgan fingerprint density at radius 1 is 0.217 bits per heavy atom. The first-order chi connectivity index (χ1) is 22.8. The largest absolute Gasteiger partial charge is 0.310 e. The number of hydrogen-bond donors (Lipinski definition) is 0. The highest BCUT2D eigenvalue weighted by Crippen LogP contribution is 2.51. The zero-order valence-electron chi connectivity index (χ0n) is 25.2. The standard InChI is InChI=1S/C44H30N2/c1-5-13-35(14-6-1)45(36-15-7-2-8-16-36)39-23-21-31-27-41-42-28-32-22-24-40(26-34(32)30-44(42)43(41)29-33(31)25-39)46(37-17-9-3-10-18-37)38-19-11-4-12-20-38/h1-30H. The number of fused-ring (bicyclic) bond motifs is 6. The van der Waals surface area contributed by atoms with Crippen LogP contribution >= 0.6 is 0 Å². The number of nitrogens with zero attached hydrogens (tertiary/aromatic N) is 2. The van der Waals surface area contributed by atoms with Crippen molar-refractivity contribution in [2.75, 3.05) is 9.80 Å². The highest BCUT2D eigenvalue weighted by Gasteiger charge is 2.24. The van der Waals surface area contributed by atoms with E-state index in [2.05, 4.69) is 192 Å². The Balaban J connectivity index is 1.13. The van der Waals surface area contributed by atoms with Crippen LogP contribution in [0.2, 0.25) is 0 Å². The maximum absolute atomic E-state index is 2.38. The molecule has 216 valence electrons. The molecule has 0 aromatic heterocycles. The number of benzene rings is 8. The van der Waals surface area contributed by atoms with E-state index in [0.717, 1.165) is 34.1 Å². The molecule has 0 spiro atoms. The molecule has 0 saturated carbocycles. The Hall–Kier alpha value is -6.12. The Bertz CT molecular complexity index is 2100. The molecule has 0 saturated heterocycles. The first-order valence-corrected chi connectivity index (χ1v) is 15.8. The van der Waals surface area contributed by atoms with E-state index in [1.54, 1.807) is 0 Å². The molecule has 1 aliphatic rings. The fourth-order valence-electron chi connectivity index (χ4n) is 6.88. The monoisotopic (exact) mass is 586 g/mol. The van der Waals surface area contributed by atoms with Gasteiger partial charge in [0.05, 0.1) is 0 Å². The lowest BCUT2D eigenvalue weighted by Gasteiger charge is -2.28. The van der Waals surface area contributed by atoms with E-state index in [0.29, 0.717) is 0 Å². The summed E-state index contributed by atoms with van der Waals surface area (Å²) in [6.45, 7) is 0. The molecule has 0 unspecified atom stereocenters. The third-order valence-electron chi connectivity index (χ3n) is 9.07. The van der Waals surface area contributed by atoms with Crippen molar-refractivity contribution in [3.8, 4) is 22.3 Å². The average Bonchev–Trinajstić information content (AvgIpc) is 3.12. The van der Waals surface area contributed by atoms with Crippen molar-refractivity contribution >= 4 is 55.7 Å². The van der Waals surface area contributed by atoms with E-state index in [1.165, 1.54) is 43.8 Å². The van der Waals surface area contributed by atoms with Crippen molar-refractivity contribution in [3.05, 3.63) is 182 Å². The molecule has 0 radical (unpaired) electrons. The van der Waals surface area contributed by atoms with Gasteiger partial charge in [-0.25, -0.2) is 0 Å². The Morgan fingerprint density at radius 3 is 0.804 bits per heavy atom. The molecular weight excluding hydrogens is 556 g/mol. The van der Waals surface area contributed by atoms with Crippen LogP contribution in [0, 0.1) is 0 Å². The quantitative estimate of drug-likeness (QED) is 0.191. The number of anilines is 6. The van der Waals surface area contributed by atoms with Gasteiger partial charge in [0.2, 0.25) is 0 Å². The van der Waals surface area contributed by atoms with Gasteiger partial charge in [0, 0.05) is 34.1 Å². The zero-order chi connectivity index (χ0) is 30.5. The first kappa shape index (κ1) is 26.3. The Labute approximate surface area is 269 Å². The van der Waals surface area contributed by atoms with Gasteiger partial charge in [0.1, 0.15) is 0 Å². The van der Waals surface area contributed by atoms with E-state index in [-0.39, 0.29) is 0 Å². The molecule has 2 nitrogen and oxygen atoms in total. The van der Waals surface area contributed by atoms with Gasteiger partial charge in [0.25, 0.3) is 0 Å². The summed E-state index contributed by atoms with van der Waals surface area (Å²) in [5, 5.41) is 5.00. The second kappa shape index (κ2) is 10.8. The van der Waals surface area contributed by atoms with Crippen molar-refractivity contribution < 1.29 is 0 Å². The highest BCUT2D eigenvalue weighted by atomic mass is 15.1. The molecule has 0 atom stereocenters. The normalized spacial score (nSPS) is 11.5. The second-order valence-corrected chi connectivity index (χ2v) is 11.9. The second-order valence-electron chi connectivity index (χ2n) is 11.9. The molecule has 0 fully saturated rings. The summed E-state index contributed by atoms with van der Waals surface area (Å²) in [5.74, 6) is 0. The maximum Gasteiger partial charge on any atom is 0.0468 e. The van der Waals surface area contributed by atoms with Gasteiger partial charge >= 0.3 is 0 Å². The zero-order valence-corrected chi connectivity index (χ0v) is 25.2. The topological polar surface area (TPSA) is 6.48 Å². The third kappa shape index (κ3) is 4.43. The van der Waals surface area contributed by atoms with Crippen LogP contribution in [0.5, 0.6) is 0 Å². The smallest absolute Gasteiger partial charge is 0.0468 e. The fourth-order valence-corrected chi connectivity index (χ4v) is 6.88. The van der Waals surface area contributed by atoms with Gasteiger partial charge < -0.3 is 9.80 Å². The van der Waals surface area contributed by atoms with Gasteiger partial charge in [-0.2, -0.15) is 0 Å². The molecule has 8 aromatic rings. The van der Waals surface area contributed by atoms with Crippen molar-refractivity contribution in [1.82, 2.24) is 0 Å². The molecule has 46 heavy (non-hydrogen) atoms. The van der Waals surface area contributed by atoms with E-state index in [4.69, 9.17) is 0 Å². The van der Waals surface area contributed by atoms with Crippen LogP contribution in [0.15, 0.2) is 182 Å². The van der Waals surface area contributed by atoms with Gasteiger partial charge in [-0.15, -0.1) is 0 Å². The molecule has 8 aromatic carbocycles. The lowest BCUT2D eigenvalue weighted by Crippen LogP contribution is -2.10. The van der Waals surface area contributed by atoms with Crippen molar-refractivity contribution in [1.29, 1.82) is 0 Å². The SMILES string of the molecule is c1ccc(N(c2ccccc2)c2ccc3cc4c(cc3c2)-c2cc3cc(N(c5ccccc5)c5ccccc5)ccc3cc2-4)cc1. The van der Waals surface area contributed by atoms with Crippen molar-refractivity contribution in [2.45, 2.75) is 0 Å². The summed E-state index contributed by atoms with van der Waals surface area (Å²) in [5.41, 5.74) is 12.2. The lowest BCUT2D eigenvalue weighted by atomic mass is 9.78. The van der Waals surface area contributed by atoms with Crippen LogP contribution in [-0.4, -0.2) is 0 Å². The van der Waals surface area contributed by atoms with Crippen LogP contribution in [0.4, 0.5) is 34.1 Å². The van der Waals surface area contributed by atoms with Crippen molar-refractivity contribution in [3.63, 3.8) is 0 Å². The molecule has 0 N–H and O–H groups in total. The van der Waals surface area contributed by atoms with Crippen molar-refractivity contribution in [2.24, 2.45) is 0 Å². The number of rotatable bonds is 6. The molecule has 0 bridgehead atoms. The molecule has 9 rings (SSSR count). The van der Waals surface area contributed by atoms with Gasteiger partial charge in [-0.1, -0.05) is 84.9 Å². The number of para-hydroxylation sites is 4. The van der Waals surface area contributed by atoms with E-state index in [1.807, 2.05) is 0 Å². The van der Waals surface area contributed by atoms with Crippen LogP contribution in [-0.2, 0) is 0 Å². The van der Waals surface area contributed by atoms with E-state index >= 15 is 0 Å². The third-order valence-corrected chi connectivity index (χ3v) is 9.07. The molecule has 0 heterocycles. The summed E-state index contributed by atoms with van der Waals surface area (Å²) in [7, 11) is 0. The molecule has 0 amide bonds. The van der Waals surface area contributed by atoms with Crippen LogP contribution in [0.3, 0.4) is 0 Å². The lowest BCUT2D eigenvalue weighted by molar-refractivity contribution is 1.29. The summed E-state index contributed by atoms with van der Waals surface area (Å²) in [4.78, 5) is 4.65. The first-order valence-electron chi connectivity index (χ1n) is 15.8. The average molecular weight is 587 g/mol. The van der Waals surface area contributed by atoms with Crippen LogP contribution in [0.1, 0.15) is 0 Å². The Morgan fingerprint density at radius 2 is 0.500 bits per heavy atom. The summed E-state index contributed by atoms with van der Waals surface area (Å²) < 4.78 is 0. The predicted molar refractivity (Wildman–Crippen MR) is 195 cm³/mol. The van der Waals surface area contributed by atoms with Crippen LogP contribution < -0.4 is 9.80 Å². The van der Waals surface area contributed by atoms with E-state index in [9.17, 15) is 0 Å². The van der Waals surface area contributed by atoms with Gasteiger partial charge in [-0.05, 0) is 141 Å². The minimum Gasteiger partial charge on any atom is -0.310 e. The molecule has 0 aliphatic heterocycles. The molecule has 1 aliphatic carbocycles. The predicted octanol–water partition coefficient (Wildman–Crippen LogP) is 12.6. The highest BCUT2D eigenvalue weighted by molar-refractivity contribution is 6.12.